The Bertz CT molecular complexity index is 923. The van der Waals surface area contributed by atoms with Crippen molar-refractivity contribution in [1.29, 1.82) is 0 Å². The van der Waals surface area contributed by atoms with E-state index in [1.165, 1.54) is 5.56 Å². The highest BCUT2D eigenvalue weighted by Gasteiger charge is 2.46. The van der Waals surface area contributed by atoms with Crippen molar-refractivity contribution in [3.8, 4) is 5.69 Å². The average Bonchev–Trinajstić information content (AvgIpc) is 3.45. The van der Waals surface area contributed by atoms with E-state index in [2.05, 4.69) is 44.7 Å². The van der Waals surface area contributed by atoms with Crippen LogP contribution in [-0.4, -0.2) is 45.2 Å². The Morgan fingerprint density at radius 3 is 2.44 bits per heavy atom. The normalized spacial score (nSPS) is 24.1. The summed E-state index contributed by atoms with van der Waals surface area (Å²) in [4.78, 5) is 15.4. The van der Waals surface area contributed by atoms with Crippen LogP contribution in [0.3, 0.4) is 0 Å². The lowest BCUT2D eigenvalue weighted by Crippen LogP contribution is -2.34. The number of aromatic nitrogens is 3. The second-order valence-electron chi connectivity index (χ2n) is 7.31. The number of fused-ring (bicyclic) bond motifs is 1. The van der Waals surface area contributed by atoms with Gasteiger partial charge >= 0.3 is 0 Å². The highest BCUT2D eigenvalue weighted by Crippen LogP contribution is 2.43. The Morgan fingerprint density at radius 1 is 0.963 bits per heavy atom. The molecule has 2 fully saturated rings. The molecule has 1 N–H and O–H groups in total. The maximum atomic E-state index is 13.3. The number of rotatable bonds is 3. The Labute approximate surface area is 157 Å². The van der Waals surface area contributed by atoms with Gasteiger partial charge in [0.15, 0.2) is 0 Å². The van der Waals surface area contributed by atoms with Crippen molar-refractivity contribution in [3.63, 3.8) is 0 Å². The average molecular weight is 359 g/mol. The van der Waals surface area contributed by atoms with E-state index in [1.54, 1.807) is 12.7 Å². The topological polar surface area (TPSA) is 63.1 Å². The molecular weight excluding hydrogens is 338 g/mol. The zero-order valence-corrected chi connectivity index (χ0v) is 14.9. The molecule has 6 nitrogen and oxygen atoms in total. The quantitative estimate of drug-likeness (QED) is 0.779. The van der Waals surface area contributed by atoms with E-state index in [1.807, 2.05) is 34.9 Å². The lowest BCUT2D eigenvalue weighted by atomic mass is 9.89. The molecule has 136 valence electrons. The SMILES string of the molecule is O=C(c1ccc(-n2cnnc2)cc1)N1C[C@@H]2CNC[C@@H]2[C@H]1c1ccccc1. The van der Waals surface area contributed by atoms with E-state index >= 15 is 0 Å². The first-order valence-electron chi connectivity index (χ1n) is 9.33. The van der Waals surface area contributed by atoms with E-state index < -0.39 is 0 Å². The van der Waals surface area contributed by atoms with Gasteiger partial charge in [-0.3, -0.25) is 9.36 Å². The highest BCUT2D eigenvalue weighted by molar-refractivity contribution is 5.95. The summed E-state index contributed by atoms with van der Waals surface area (Å²) in [6, 6.07) is 18.2. The molecular formula is C21H21N5O. The van der Waals surface area contributed by atoms with Crippen LogP contribution in [0.15, 0.2) is 67.3 Å². The van der Waals surface area contributed by atoms with E-state index in [9.17, 15) is 4.79 Å². The molecule has 2 aliphatic heterocycles. The van der Waals surface area contributed by atoms with Crippen LogP contribution in [0.2, 0.25) is 0 Å². The third kappa shape index (κ3) is 2.82. The van der Waals surface area contributed by atoms with Crippen LogP contribution in [-0.2, 0) is 0 Å². The first kappa shape index (κ1) is 16.2. The van der Waals surface area contributed by atoms with Gasteiger partial charge in [-0.15, -0.1) is 10.2 Å². The number of nitrogens with one attached hydrogen (secondary N) is 1. The number of carbonyl (C=O) groups excluding carboxylic acids is 1. The maximum absolute atomic E-state index is 13.3. The van der Waals surface area contributed by atoms with Crippen LogP contribution < -0.4 is 5.32 Å². The summed E-state index contributed by atoms with van der Waals surface area (Å²) in [5, 5.41) is 11.1. The Hall–Kier alpha value is -2.99. The molecule has 0 saturated carbocycles. The molecule has 2 saturated heterocycles. The molecule has 0 bridgehead atoms. The Balaban J connectivity index is 1.44. The van der Waals surface area contributed by atoms with Crippen LogP contribution in [0.25, 0.3) is 5.69 Å². The van der Waals surface area contributed by atoms with Crippen LogP contribution in [0.4, 0.5) is 0 Å². The van der Waals surface area contributed by atoms with Crippen molar-refractivity contribution in [1.82, 2.24) is 25.0 Å². The highest BCUT2D eigenvalue weighted by atomic mass is 16.2. The van der Waals surface area contributed by atoms with Crippen molar-refractivity contribution >= 4 is 5.91 Å². The first-order valence-corrected chi connectivity index (χ1v) is 9.33. The molecule has 3 aromatic rings. The number of benzene rings is 2. The zero-order chi connectivity index (χ0) is 18.2. The molecule has 27 heavy (non-hydrogen) atoms. The number of hydrogen-bond acceptors (Lipinski definition) is 4. The third-order valence-corrected chi connectivity index (χ3v) is 5.80. The largest absolute Gasteiger partial charge is 0.331 e. The summed E-state index contributed by atoms with van der Waals surface area (Å²) in [7, 11) is 0. The summed E-state index contributed by atoms with van der Waals surface area (Å²) in [5.41, 5.74) is 2.89. The predicted octanol–water partition coefficient (Wildman–Crippen LogP) is 2.30. The smallest absolute Gasteiger partial charge is 0.254 e. The maximum Gasteiger partial charge on any atom is 0.254 e. The Morgan fingerprint density at radius 2 is 1.70 bits per heavy atom. The fourth-order valence-corrected chi connectivity index (χ4v) is 4.48. The van der Waals surface area contributed by atoms with Crippen molar-refractivity contribution < 1.29 is 4.79 Å². The lowest BCUT2D eigenvalue weighted by molar-refractivity contribution is 0.0714. The number of likely N-dealkylation sites (tertiary alicyclic amines) is 1. The van der Waals surface area contributed by atoms with Gasteiger partial charge in [0.2, 0.25) is 0 Å². The molecule has 6 heteroatoms. The Kier molecular flexibility index (Phi) is 3.98. The van der Waals surface area contributed by atoms with Crippen LogP contribution >= 0.6 is 0 Å². The molecule has 3 heterocycles. The lowest BCUT2D eigenvalue weighted by Gasteiger charge is -2.28. The van der Waals surface area contributed by atoms with Crippen molar-refractivity contribution in [2.75, 3.05) is 19.6 Å². The minimum atomic E-state index is 0.105. The minimum Gasteiger partial charge on any atom is -0.331 e. The summed E-state index contributed by atoms with van der Waals surface area (Å²) >= 11 is 0. The van der Waals surface area contributed by atoms with Gasteiger partial charge in [-0.2, -0.15) is 0 Å². The van der Waals surface area contributed by atoms with Gasteiger partial charge in [-0.25, -0.2) is 0 Å². The predicted molar refractivity (Wildman–Crippen MR) is 101 cm³/mol. The molecule has 2 aliphatic rings. The molecule has 1 amide bonds. The molecule has 1 aromatic heterocycles. The van der Waals surface area contributed by atoms with Crippen molar-refractivity contribution in [2.45, 2.75) is 6.04 Å². The van der Waals surface area contributed by atoms with Gasteiger partial charge in [-0.1, -0.05) is 30.3 Å². The summed E-state index contributed by atoms with van der Waals surface area (Å²) in [6.07, 6.45) is 3.30. The number of amides is 1. The van der Waals surface area contributed by atoms with Gasteiger partial charge in [0.25, 0.3) is 5.91 Å². The van der Waals surface area contributed by atoms with Crippen LogP contribution in [0.5, 0.6) is 0 Å². The standard InChI is InChI=1S/C21H21N5O/c27-21(16-6-8-18(9-7-16)25-13-23-24-14-25)26-12-17-10-22-11-19(17)20(26)15-4-2-1-3-5-15/h1-9,13-14,17,19-20,22H,10-12H2/t17-,19-,20+/m0/s1. The van der Waals surface area contributed by atoms with Crippen LogP contribution in [0.1, 0.15) is 22.0 Å². The van der Waals surface area contributed by atoms with E-state index in [4.69, 9.17) is 0 Å². The van der Waals surface area contributed by atoms with Gasteiger partial charge in [0.1, 0.15) is 12.7 Å². The molecule has 5 rings (SSSR count). The van der Waals surface area contributed by atoms with Gasteiger partial charge < -0.3 is 10.2 Å². The molecule has 0 aliphatic carbocycles. The van der Waals surface area contributed by atoms with E-state index in [-0.39, 0.29) is 11.9 Å². The third-order valence-electron chi connectivity index (χ3n) is 5.80. The summed E-state index contributed by atoms with van der Waals surface area (Å²) < 4.78 is 1.83. The number of hydrogen-bond donors (Lipinski definition) is 1. The van der Waals surface area contributed by atoms with Crippen molar-refractivity contribution in [2.24, 2.45) is 11.8 Å². The van der Waals surface area contributed by atoms with E-state index in [0.29, 0.717) is 11.8 Å². The number of nitrogens with zero attached hydrogens (tertiary/aromatic N) is 4. The molecule has 0 spiro atoms. The van der Waals surface area contributed by atoms with Gasteiger partial charge in [0, 0.05) is 36.8 Å². The summed E-state index contributed by atoms with van der Waals surface area (Å²) in [5.74, 6) is 1.11. The van der Waals surface area contributed by atoms with Gasteiger partial charge in [0.05, 0.1) is 6.04 Å². The summed E-state index contributed by atoms with van der Waals surface area (Å²) in [6.45, 7) is 2.77. The second kappa shape index (κ2) is 6.63. The minimum absolute atomic E-state index is 0.105. The fourth-order valence-electron chi connectivity index (χ4n) is 4.48. The molecule has 3 atom stereocenters. The molecule has 0 radical (unpaired) electrons. The second-order valence-corrected chi connectivity index (χ2v) is 7.31. The monoisotopic (exact) mass is 359 g/mol. The number of carbonyl (C=O) groups is 1. The van der Waals surface area contributed by atoms with Crippen LogP contribution in [0, 0.1) is 11.8 Å². The molecule has 2 aromatic carbocycles. The first-order chi connectivity index (χ1) is 13.3. The van der Waals surface area contributed by atoms with Gasteiger partial charge in [-0.05, 0) is 35.7 Å². The zero-order valence-electron chi connectivity index (χ0n) is 14.9. The van der Waals surface area contributed by atoms with Crippen molar-refractivity contribution in [3.05, 3.63) is 78.4 Å². The van der Waals surface area contributed by atoms with E-state index in [0.717, 1.165) is 30.9 Å². The molecule has 0 unspecified atom stereocenters. The fraction of sp³-hybridized carbons (Fsp3) is 0.286.